The van der Waals surface area contributed by atoms with Crippen molar-refractivity contribution in [3.8, 4) is 0 Å². The Kier molecular flexibility index (Phi) is 2.83. The zero-order valence-electron chi connectivity index (χ0n) is 9.37. The van der Waals surface area contributed by atoms with E-state index in [2.05, 4.69) is 6.58 Å². The maximum absolute atomic E-state index is 12.0. The summed E-state index contributed by atoms with van der Waals surface area (Å²) >= 11 is 0. The number of rotatable bonds is 2. The first-order chi connectivity index (χ1) is 7.19. The Morgan fingerprint density at radius 2 is 2.47 bits per heavy atom. The molecule has 2 aliphatic heterocycles. The van der Waals surface area contributed by atoms with Gasteiger partial charge in [-0.3, -0.25) is 4.79 Å². The second-order valence-electron chi connectivity index (χ2n) is 4.67. The molecule has 0 bridgehead atoms. The van der Waals surface area contributed by atoms with Gasteiger partial charge in [0, 0.05) is 24.6 Å². The Morgan fingerprint density at radius 3 is 3.20 bits per heavy atom. The lowest BCUT2D eigenvalue weighted by atomic mass is 9.86. The summed E-state index contributed by atoms with van der Waals surface area (Å²) in [5.74, 6) is 0.463. The molecule has 1 amide bonds. The summed E-state index contributed by atoms with van der Waals surface area (Å²) in [6, 6.07) is 0. The minimum absolute atomic E-state index is 0.00868. The molecule has 0 aromatic carbocycles. The number of carbonyl (C=O) groups is 1. The van der Waals surface area contributed by atoms with Crippen LogP contribution in [-0.4, -0.2) is 36.1 Å². The Morgan fingerprint density at radius 1 is 1.67 bits per heavy atom. The summed E-state index contributed by atoms with van der Waals surface area (Å²) in [6.07, 6.45) is 4.74. The van der Waals surface area contributed by atoms with Crippen molar-refractivity contribution in [1.82, 2.24) is 4.90 Å². The second-order valence-corrected chi connectivity index (χ2v) is 4.67. The van der Waals surface area contributed by atoms with E-state index in [-0.39, 0.29) is 11.5 Å². The maximum atomic E-state index is 12.0. The topological polar surface area (TPSA) is 29.5 Å². The smallest absolute Gasteiger partial charge is 0.226 e. The molecule has 84 valence electrons. The minimum atomic E-state index is 0.00868. The van der Waals surface area contributed by atoms with E-state index in [1.807, 2.05) is 17.9 Å². The van der Waals surface area contributed by atoms with Gasteiger partial charge in [0.15, 0.2) is 0 Å². The van der Waals surface area contributed by atoms with Crippen LogP contribution in [0.3, 0.4) is 0 Å². The number of fused-ring (bicyclic) bond motifs is 1. The molecule has 2 saturated heterocycles. The number of nitrogens with zero attached hydrogens (tertiary/aromatic N) is 1. The predicted octanol–water partition coefficient (Wildman–Crippen LogP) is 1.59. The Bertz CT molecular complexity index is 277. The van der Waals surface area contributed by atoms with Crippen molar-refractivity contribution in [1.29, 1.82) is 0 Å². The standard InChI is InChI=1S/C12H19NO2/c1-3-4-12-5-7-15-8-6-13(12)11(14)10(2)9-12/h3,10H,1,4-9H2,2H3/t10-,12+/m0/s1. The van der Waals surface area contributed by atoms with E-state index < -0.39 is 0 Å². The second kappa shape index (κ2) is 3.97. The van der Waals surface area contributed by atoms with E-state index >= 15 is 0 Å². The number of hydrogen-bond acceptors (Lipinski definition) is 2. The summed E-state index contributed by atoms with van der Waals surface area (Å²) < 4.78 is 5.46. The van der Waals surface area contributed by atoms with Gasteiger partial charge in [-0.15, -0.1) is 6.58 Å². The van der Waals surface area contributed by atoms with E-state index in [1.54, 1.807) is 0 Å². The van der Waals surface area contributed by atoms with Crippen LogP contribution in [0.15, 0.2) is 12.7 Å². The number of hydrogen-bond donors (Lipinski definition) is 0. The van der Waals surface area contributed by atoms with Crippen molar-refractivity contribution in [2.45, 2.75) is 31.7 Å². The van der Waals surface area contributed by atoms with Crippen LogP contribution in [0.5, 0.6) is 0 Å². The largest absolute Gasteiger partial charge is 0.380 e. The average Bonchev–Trinajstić information content (AvgIpc) is 2.40. The zero-order valence-corrected chi connectivity index (χ0v) is 9.37. The average molecular weight is 209 g/mol. The predicted molar refractivity (Wildman–Crippen MR) is 58.5 cm³/mol. The maximum Gasteiger partial charge on any atom is 0.226 e. The molecule has 0 aliphatic carbocycles. The number of carbonyl (C=O) groups excluding carboxylic acids is 1. The van der Waals surface area contributed by atoms with Crippen LogP contribution in [0.4, 0.5) is 0 Å². The van der Waals surface area contributed by atoms with Crippen molar-refractivity contribution in [2.24, 2.45) is 5.92 Å². The molecule has 0 saturated carbocycles. The van der Waals surface area contributed by atoms with Gasteiger partial charge in [0.2, 0.25) is 5.91 Å². The molecule has 3 nitrogen and oxygen atoms in total. The third-order valence-corrected chi connectivity index (χ3v) is 3.64. The lowest BCUT2D eigenvalue weighted by Crippen LogP contribution is -2.45. The summed E-state index contributed by atoms with van der Waals surface area (Å²) in [4.78, 5) is 14.0. The number of amides is 1. The molecule has 0 N–H and O–H groups in total. The quantitative estimate of drug-likeness (QED) is 0.646. The summed E-state index contributed by atoms with van der Waals surface area (Å²) in [5, 5.41) is 0. The van der Waals surface area contributed by atoms with E-state index in [4.69, 9.17) is 4.74 Å². The fraction of sp³-hybridized carbons (Fsp3) is 0.750. The molecular formula is C12H19NO2. The molecule has 0 aromatic rings. The van der Waals surface area contributed by atoms with Crippen LogP contribution in [0, 0.1) is 5.92 Å². The van der Waals surface area contributed by atoms with E-state index in [0.29, 0.717) is 12.5 Å². The van der Waals surface area contributed by atoms with Gasteiger partial charge in [0.05, 0.1) is 6.61 Å². The van der Waals surface area contributed by atoms with Crippen LogP contribution in [-0.2, 0) is 9.53 Å². The van der Waals surface area contributed by atoms with Crippen LogP contribution in [0.25, 0.3) is 0 Å². The molecule has 0 aromatic heterocycles. The van der Waals surface area contributed by atoms with Crippen molar-refractivity contribution in [2.75, 3.05) is 19.8 Å². The monoisotopic (exact) mass is 209 g/mol. The van der Waals surface area contributed by atoms with Gasteiger partial charge in [0.1, 0.15) is 0 Å². The molecule has 0 unspecified atom stereocenters. The SMILES string of the molecule is C=CC[C@]12CCOCCN1C(=O)[C@@H](C)C2. The molecule has 2 rings (SSSR count). The van der Waals surface area contributed by atoms with Crippen LogP contribution in [0.1, 0.15) is 26.2 Å². The molecule has 15 heavy (non-hydrogen) atoms. The van der Waals surface area contributed by atoms with E-state index in [0.717, 1.165) is 32.4 Å². The van der Waals surface area contributed by atoms with Gasteiger partial charge < -0.3 is 9.64 Å². The van der Waals surface area contributed by atoms with Crippen molar-refractivity contribution < 1.29 is 9.53 Å². The summed E-state index contributed by atoms with van der Waals surface area (Å²) in [7, 11) is 0. The van der Waals surface area contributed by atoms with Crippen molar-refractivity contribution in [3.05, 3.63) is 12.7 Å². The highest BCUT2D eigenvalue weighted by molar-refractivity contribution is 5.82. The molecule has 2 fully saturated rings. The normalized spacial score (nSPS) is 36.2. The first-order valence-corrected chi connectivity index (χ1v) is 5.70. The van der Waals surface area contributed by atoms with Crippen LogP contribution in [0.2, 0.25) is 0 Å². The van der Waals surface area contributed by atoms with Crippen LogP contribution < -0.4 is 0 Å². The molecule has 2 aliphatic rings. The van der Waals surface area contributed by atoms with Gasteiger partial charge in [0.25, 0.3) is 0 Å². The Labute approximate surface area is 91.1 Å². The molecule has 2 atom stereocenters. The van der Waals surface area contributed by atoms with E-state index in [9.17, 15) is 4.79 Å². The number of ether oxygens (including phenoxy) is 1. The van der Waals surface area contributed by atoms with Gasteiger partial charge in [-0.2, -0.15) is 0 Å². The first-order valence-electron chi connectivity index (χ1n) is 5.70. The molecule has 0 radical (unpaired) electrons. The first kappa shape index (κ1) is 10.7. The lowest BCUT2D eigenvalue weighted by Gasteiger charge is -2.35. The summed E-state index contributed by atoms with van der Waals surface area (Å²) in [5.41, 5.74) is 0.00868. The highest BCUT2D eigenvalue weighted by Gasteiger charge is 2.48. The lowest BCUT2D eigenvalue weighted by molar-refractivity contribution is -0.133. The molecular weight excluding hydrogens is 190 g/mol. The zero-order chi connectivity index (χ0) is 10.9. The Hall–Kier alpha value is -0.830. The van der Waals surface area contributed by atoms with Crippen LogP contribution >= 0.6 is 0 Å². The van der Waals surface area contributed by atoms with Gasteiger partial charge in [-0.05, 0) is 19.3 Å². The fourth-order valence-corrected chi connectivity index (χ4v) is 2.94. The highest BCUT2D eigenvalue weighted by atomic mass is 16.5. The van der Waals surface area contributed by atoms with Gasteiger partial charge in [-0.1, -0.05) is 13.0 Å². The van der Waals surface area contributed by atoms with E-state index in [1.165, 1.54) is 0 Å². The van der Waals surface area contributed by atoms with Crippen molar-refractivity contribution >= 4 is 5.91 Å². The molecule has 2 heterocycles. The van der Waals surface area contributed by atoms with Gasteiger partial charge >= 0.3 is 0 Å². The third kappa shape index (κ3) is 1.69. The molecule has 0 spiro atoms. The Balaban J connectivity index is 2.27. The van der Waals surface area contributed by atoms with Crippen molar-refractivity contribution in [3.63, 3.8) is 0 Å². The highest BCUT2D eigenvalue weighted by Crippen LogP contribution is 2.40. The van der Waals surface area contributed by atoms with Gasteiger partial charge in [-0.25, -0.2) is 0 Å². The summed E-state index contributed by atoms with van der Waals surface area (Å²) in [6.45, 7) is 8.04. The fourth-order valence-electron chi connectivity index (χ4n) is 2.94. The third-order valence-electron chi connectivity index (χ3n) is 3.64. The minimum Gasteiger partial charge on any atom is -0.380 e. The molecule has 3 heteroatoms.